The first-order chi connectivity index (χ1) is 12.3. The summed E-state index contributed by atoms with van der Waals surface area (Å²) in [5, 5.41) is 0.226. The Morgan fingerprint density at radius 3 is 2.58 bits per heavy atom. The van der Waals surface area contributed by atoms with Crippen LogP contribution < -0.4 is 0 Å². The van der Waals surface area contributed by atoms with Gasteiger partial charge in [0.15, 0.2) is 0 Å². The van der Waals surface area contributed by atoms with Crippen LogP contribution in [0.2, 0.25) is 5.15 Å². The van der Waals surface area contributed by atoms with Gasteiger partial charge in [0.05, 0.1) is 18.3 Å². The molecule has 0 radical (unpaired) electrons. The Morgan fingerprint density at radius 2 is 2.00 bits per heavy atom. The van der Waals surface area contributed by atoms with Crippen molar-refractivity contribution in [1.82, 2.24) is 4.98 Å². The summed E-state index contributed by atoms with van der Waals surface area (Å²) in [6, 6.07) is 3.46. The quantitative estimate of drug-likeness (QED) is 0.576. The Labute approximate surface area is 158 Å². The molecule has 1 aliphatic heterocycles. The second-order valence-corrected chi connectivity index (χ2v) is 6.66. The number of aliphatic imine (C=N–C) groups is 1. The molecular weight excluding hydrogens is 356 g/mol. The predicted octanol–water partition coefficient (Wildman–Crippen LogP) is 3.70. The van der Waals surface area contributed by atoms with Crippen LogP contribution >= 0.6 is 11.6 Å². The van der Waals surface area contributed by atoms with Crippen LogP contribution in [0.15, 0.2) is 34.6 Å². The maximum Gasteiger partial charge on any atom is 0.336 e. The number of pyridine rings is 1. The highest BCUT2D eigenvalue weighted by molar-refractivity contribution is 6.30. The normalized spacial score (nSPS) is 20.0. The van der Waals surface area contributed by atoms with E-state index in [-0.39, 0.29) is 17.9 Å². The summed E-state index contributed by atoms with van der Waals surface area (Å²) in [5.74, 6) is -2.41. The van der Waals surface area contributed by atoms with Crippen molar-refractivity contribution in [3.05, 3.63) is 40.3 Å². The van der Waals surface area contributed by atoms with Gasteiger partial charge in [-0.05, 0) is 46.2 Å². The lowest BCUT2D eigenvalue weighted by Gasteiger charge is -2.32. The molecule has 2 atom stereocenters. The third-order valence-corrected chi connectivity index (χ3v) is 4.37. The van der Waals surface area contributed by atoms with Crippen molar-refractivity contribution in [3.8, 4) is 0 Å². The zero-order chi connectivity index (χ0) is 19.4. The van der Waals surface area contributed by atoms with E-state index in [2.05, 4.69) is 9.98 Å². The van der Waals surface area contributed by atoms with Crippen LogP contribution in [0.5, 0.6) is 0 Å². The largest absolute Gasteiger partial charge is 0.465 e. The lowest BCUT2D eigenvalue weighted by atomic mass is 9.76. The summed E-state index contributed by atoms with van der Waals surface area (Å²) < 4.78 is 10.6. The summed E-state index contributed by atoms with van der Waals surface area (Å²) in [5.41, 5.74) is 1.93. The third kappa shape index (κ3) is 4.12. The van der Waals surface area contributed by atoms with Gasteiger partial charge in [-0.15, -0.1) is 0 Å². The Morgan fingerprint density at radius 1 is 1.31 bits per heavy atom. The minimum absolute atomic E-state index is 0.226. The van der Waals surface area contributed by atoms with Gasteiger partial charge in [0.2, 0.25) is 0 Å². The smallest absolute Gasteiger partial charge is 0.336 e. The molecular formula is C19H23ClN2O4. The molecule has 0 aromatic carbocycles. The molecule has 0 N–H and O–H groups in total. The van der Waals surface area contributed by atoms with E-state index in [9.17, 15) is 9.59 Å². The number of hydrogen-bond acceptors (Lipinski definition) is 6. The number of carbonyl (C=O) groups excluding carboxylic acids is 2. The minimum Gasteiger partial charge on any atom is -0.465 e. The van der Waals surface area contributed by atoms with E-state index >= 15 is 0 Å². The van der Waals surface area contributed by atoms with Crippen molar-refractivity contribution < 1.29 is 19.1 Å². The number of allylic oxidation sites excluding steroid dienone is 1. The fourth-order valence-electron chi connectivity index (χ4n) is 3.08. The van der Waals surface area contributed by atoms with Crippen LogP contribution in [0.3, 0.4) is 0 Å². The lowest BCUT2D eigenvalue weighted by Crippen LogP contribution is -2.37. The predicted molar refractivity (Wildman–Crippen MR) is 99.1 cm³/mol. The highest BCUT2D eigenvalue weighted by Gasteiger charge is 2.43. The van der Waals surface area contributed by atoms with Crippen LogP contribution in [0, 0.1) is 5.92 Å². The van der Waals surface area contributed by atoms with Gasteiger partial charge < -0.3 is 9.47 Å². The van der Waals surface area contributed by atoms with E-state index in [0.29, 0.717) is 22.5 Å². The zero-order valence-electron chi connectivity index (χ0n) is 15.6. The number of aromatic nitrogens is 1. The van der Waals surface area contributed by atoms with E-state index in [0.717, 1.165) is 0 Å². The average molecular weight is 379 g/mol. The van der Waals surface area contributed by atoms with Crippen LogP contribution in [0.25, 0.3) is 0 Å². The molecule has 0 aliphatic carbocycles. The number of ether oxygens (including phenoxy) is 2. The Hall–Kier alpha value is -2.21. The van der Waals surface area contributed by atoms with Crippen molar-refractivity contribution >= 4 is 29.3 Å². The monoisotopic (exact) mass is 378 g/mol. The molecule has 26 heavy (non-hydrogen) atoms. The lowest BCUT2D eigenvalue weighted by molar-refractivity contribution is -0.146. The molecule has 1 aromatic heterocycles. The Bertz CT molecular complexity index is 771. The van der Waals surface area contributed by atoms with Crippen molar-refractivity contribution in [1.29, 1.82) is 0 Å². The van der Waals surface area contributed by atoms with E-state index in [1.165, 1.54) is 0 Å². The fraction of sp³-hybridized carbons (Fsp3) is 0.474. The molecule has 7 heteroatoms. The van der Waals surface area contributed by atoms with Gasteiger partial charge in [-0.25, -0.2) is 9.78 Å². The number of hydrogen-bond donors (Lipinski definition) is 0. The molecule has 140 valence electrons. The van der Waals surface area contributed by atoms with Crippen molar-refractivity contribution in [2.75, 3.05) is 6.61 Å². The van der Waals surface area contributed by atoms with E-state index < -0.39 is 23.8 Å². The first-order valence-electron chi connectivity index (χ1n) is 8.51. The van der Waals surface area contributed by atoms with Crippen LogP contribution in [0.4, 0.5) is 0 Å². The first-order valence-corrected chi connectivity index (χ1v) is 8.89. The summed E-state index contributed by atoms with van der Waals surface area (Å²) in [4.78, 5) is 34.0. The second-order valence-electron chi connectivity index (χ2n) is 6.30. The zero-order valence-corrected chi connectivity index (χ0v) is 16.3. The summed E-state index contributed by atoms with van der Waals surface area (Å²) in [7, 11) is 0. The maximum absolute atomic E-state index is 12.8. The van der Waals surface area contributed by atoms with Gasteiger partial charge in [-0.3, -0.25) is 9.79 Å². The highest BCUT2D eigenvalue weighted by Crippen LogP contribution is 2.42. The fourth-order valence-corrected chi connectivity index (χ4v) is 3.32. The van der Waals surface area contributed by atoms with Gasteiger partial charge in [0.25, 0.3) is 0 Å². The maximum atomic E-state index is 12.8. The van der Waals surface area contributed by atoms with Crippen molar-refractivity contribution in [3.63, 3.8) is 0 Å². The molecule has 2 unspecified atom stereocenters. The molecule has 0 amide bonds. The summed E-state index contributed by atoms with van der Waals surface area (Å²) in [6.07, 6.45) is 1.25. The van der Waals surface area contributed by atoms with Gasteiger partial charge in [-0.2, -0.15) is 0 Å². The molecule has 1 aliphatic rings. The van der Waals surface area contributed by atoms with E-state index in [1.807, 2.05) is 0 Å². The molecule has 2 heterocycles. The molecule has 2 rings (SSSR count). The van der Waals surface area contributed by atoms with Gasteiger partial charge >= 0.3 is 11.9 Å². The first kappa shape index (κ1) is 20.1. The van der Waals surface area contributed by atoms with Crippen LogP contribution in [0.1, 0.15) is 46.1 Å². The SMILES string of the molecule is CCOC(=O)C1C(C)=NC(C)=C(C(=O)OC(C)C)C1c1cccnc1Cl. The van der Waals surface area contributed by atoms with Gasteiger partial charge in [-0.1, -0.05) is 17.7 Å². The summed E-state index contributed by atoms with van der Waals surface area (Å²) >= 11 is 6.30. The average Bonchev–Trinajstić information content (AvgIpc) is 2.53. The number of esters is 2. The number of nitrogens with zero attached hydrogens (tertiary/aromatic N) is 2. The van der Waals surface area contributed by atoms with E-state index in [4.69, 9.17) is 21.1 Å². The topological polar surface area (TPSA) is 77.8 Å². The third-order valence-electron chi connectivity index (χ3n) is 4.05. The summed E-state index contributed by atoms with van der Waals surface area (Å²) in [6.45, 7) is 8.95. The van der Waals surface area contributed by atoms with Crippen molar-refractivity contribution in [2.45, 2.75) is 46.6 Å². The van der Waals surface area contributed by atoms with Crippen LogP contribution in [-0.4, -0.2) is 35.3 Å². The standard InChI is InChI=1S/C19H23ClN2O4/c1-6-25-18(23)14-11(4)22-12(5)15(19(24)26-10(2)3)16(14)13-8-7-9-21-17(13)20/h7-10,14,16H,6H2,1-5H3. The van der Waals surface area contributed by atoms with Crippen molar-refractivity contribution in [2.24, 2.45) is 10.9 Å². The number of rotatable bonds is 5. The molecule has 1 aromatic rings. The number of carbonyl (C=O) groups is 2. The highest BCUT2D eigenvalue weighted by atomic mass is 35.5. The van der Waals surface area contributed by atoms with Crippen LogP contribution in [-0.2, 0) is 19.1 Å². The molecule has 0 spiro atoms. The molecule has 6 nitrogen and oxygen atoms in total. The molecule has 0 fully saturated rings. The Kier molecular flexibility index (Phi) is 6.53. The van der Waals surface area contributed by atoms with Gasteiger partial charge in [0.1, 0.15) is 11.1 Å². The second kappa shape index (κ2) is 8.45. The Balaban J connectivity index is 2.65. The van der Waals surface area contributed by atoms with Gasteiger partial charge in [0, 0.05) is 23.5 Å². The van der Waals surface area contributed by atoms with E-state index in [1.54, 1.807) is 52.9 Å². The molecule has 0 saturated carbocycles. The minimum atomic E-state index is -0.768. The number of halogens is 1. The molecule has 0 saturated heterocycles. The molecule has 0 bridgehead atoms.